The Labute approximate surface area is 116 Å². The third-order valence-corrected chi connectivity index (χ3v) is 3.07. The van der Waals surface area contributed by atoms with Crippen LogP contribution < -0.4 is 4.74 Å². The van der Waals surface area contributed by atoms with Crippen LogP contribution in [0, 0.1) is 5.92 Å². The summed E-state index contributed by atoms with van der Waals surface area (Å²) < 4.78 is 5.23. The van der Waals surface area contributed by atoms with Gasteiger partial charge in [-0.05, 0) is 30.9 Å². The molecule has 0 heterocycles. The summed E-state index contributed by atoms with van der Waals surface area (Å²) in [7, 11) is 0. The second-order valence-corrected chi connectivity index (χ2v) is 4.87. The van der Waals surface area contributed by atoms with Gasteiger partial charge in [0.2, 0.25) is 0 Å². The number of aliphatic carboxylic acids is 1. The second kappa shape index (κ2) is 6.27. The molecule has 1 fully saturated rings. The van der Waals surface area contributed by atoms with Crippen molar-refractivity contribution in [2.45, 2.75) is 12.8 Å². The van der Waals surface area contributed by atoms with Crippen molar-refractivity contribution in [3.63, 3.8) is 0 Å². The molecule has 0 atom stereocenters. The van der Waals surface area contributed by atoms with Crippen molar-refractivity contribution >= 4 is 11.9 Å². The summed E-state index contributed by atoms with van der Waals surface area (Å²) in [4.78, 5) is 24.0. The van der Waals surface area contributed by atoms with Crippen molar-refractivity contribution in [2.75, 3.05) is 19.7 Å². The van der Waals surface area contributed by atoms with Gasteiger partial charge < -0.3 is 19.8 Å². The molecule has 108 valence electrons. The van der Waals surface area contributed by atoms with Gasteiger partial charge in [0.05, 0.1) is 0 Å². The second-order valence-electron chi connectivity index (χ2n) is 4.87. The predicted molar refractivity (Wildman–Crippen MR) is 70.5 cm³/mol. The van der Waals surface area contributed by atoms with Gasteiger partial charge in [-0.25, -0.2) is 0 Å². The molecule has 1 aromatic rings. The number of nitrogens with zero attached hydrogens (tertiary/aromatic N) is 1. The van der Waals surface area contributed by atoms with Crippen LogP contribution in [0.3, 0.4) is 0 Å². The van der Waals surface area contributed by atoms with E-state index >= 15 is 0 Å². The zero-order chi connectivity index (χ0) is 14.5. The number of hydrogen-bond acceptors (Lipinski definition) is 4. The third kappa shape index (κ3) is 4.15. The first kappa shape index (κ1) is 14.2. The molecule has 6 heteroatoms. The summed E-state index contributed by atoms with van der Waals surface area (Å²) in [6.07, 6.45) is 2.06. The molecule has 6 nitrogen and oxygen atoms in total. The molecule has 0 radical (unpaired) electrons. The number of aromatic hydroxyl groups is 1. The summed E-state index contributed by atoms with van der Waals surface area (Å²) in [6.45, 7) is -0.147. The van der Waals surface area contributed by atoms with Crippen molar-refractivity contribution < 1.29 is 24.5 Å². The van der Waals surface area contributed by atoms with E-state index in [9.17, 15) is 14.7 Å². The van der Waals surface area contributed by atoms with E-state index < -0.39 is 5.97 Å². The van der Waals surface area contributed by atoms with Gasteiger partial charge in [0, 0.05) is 6.54 Å². The van der Waals surface area contributed by atoms with E-state index in [4.69, 9.17) is 9.84 Å². The van der Waals surface area contributed by atoms with Crippen molar-refractivity contribution in [3.8, 4) is 11.5 Å². The van der Waals surface area contributed by atoms with Gasteiger partial charge in [0.1, 0.15) is 6.54 Å². The van der Waals surface area contributed by atoms with Crippen LogP contribution in [-0.4, -0.2) is 46.7 Å². The molecule has 0 unspecified atom stereocenters. The number of carbonyl (C=O) groups is 2. The van der Waals surface area contributed by atoms with Crippen LogP contribution in [0.4, 0.5) is 0 Å². The van der Waals surface area contributed by atoms with Crippen LogP contribution in [-0.2, 0) is 9.59 Å². The quantitative estimate of drug-likeness (QED) is 0.780. The van der Waals surface area contributed by atoms with Crippen molar-refractivity contribution in [2.24, 2.45) is 5.92 Å². The molecule has 1 amide bonds. The number of carboxylic acids is 1. The fourth-order valence-electron chi connectivity index (χ4n) is 1.84. The molecule has 1 saturated carbocycles. The zero-order valence-electron chi connectivity index (χ0n) is 11.0. The first-order valence-corrected chi connectivity index (χ1v) is 6.46. The highest BCUT2D eigenvalue weighted by Crippen LogP contribution is 2.30. The minimum absolute atomic E-state index is 0.0488. The van der Waals surface area contributed by atoms with Crippen LogP contribution in [0.15, 0.2) is 24.3 Å². The summed E-state index contributed by atoms with van der Waals surface area (Å²) in [5.74, 6) is -0.859. The minimum atomic E-state index is -1.04. The van der Waals surface area contributed by atoms with Gasteiger partial charge >= 0.3 is 5.97 Å². The average Bonchev–Trinajstić information content (AvgIpc) is 3.20. The molecular weight excluding hydrogens is 262 g/mol. The lowest BCUT2D eigenvalue weighted by atomic mass is 10.3. The first-order chi connectivity index (χ1) is 9.56. The summed E-state index contributed by atoms with van der Waals surface area (Å²) in [6, 6.07) is 6.33. The van der Waals surface area contributed by atoms with Crippen molar-refractivity contribution in [1.82, 2.24) is 4.90 Å². The van der Waals surface area contributed by atoms with E-state index in [1.807, 2.05) is 0 Å². The molecule has 0 aliphatic heterocycles. The van der Waals surface area contributed by atoms with Gasteiger partial charge in [-0.15, -0.1) is 0 Å². The Morgan fingerprint density at radius 1 is 1.30 bits per heavy atom. The highest BCUT2D eigenvalue weighted by atomic mass is 16.5. The number of carbonyl (C=O) groups excluding carboxylic acids is 1. The van der Waals surface area contributed by atoms with Gasteiger partial charge in [-0.3, -0.25) is 9.59 Å². The number of para-hydroxylation sites is 2. The molecule has 20 heavy (non-hydrogen) atoms. The predicted octanol–water partition coefficient (Wildman–Crippen LogP) is 1.09. The van der Waals surface area contributed by atoms with Gasteiger partial charge in [0.15, 0.2) is 18.1 Å². The Hall–Kier alpha value is -2.24. The first-order valence-electron chi connectivity index (χ1n) is 6.46. The number of ether oxygens (including phenoxy) is 1. The van der Waals surface area contributed by atoms with Gasteiger partial charge in [-0.2, -0.15) is 0 Å². The van der Waals surface area contributed by atoms with E-state index in [2.05, 4.69) is 0 Å². The maximum absolute atomic E-state index is 12.0. The Morgan fingerprint density at radius 2 is 2.00 bits per heavy atom. The van der Waals surface area contributed by atoms with E-state index in [0.29, 0.717) is 12.5 Å². The number of benzene rings is 1. The van der Waals surface area contributed by atoms with Crippen LogP contribution >= 0.6 is 0 Å². The molecular formula is C14H17NO5. The van der Waals surface area contributed by atoms with E-state index in [1.54, 1.807) is 18.2 Å². The van der Waals surface area contributed by atoms with Crippen molar-refractivity contribution in [3.05, 3.63) is 24.3 Å². The minimum Gasteiger partial charge on any atom is -0.504 e. The Bertz CT molecular complexity index is 498. The van der Waals surface area contributed by atoms with Crippen LogP contribution in [0.5, 0.6) is 11.5 Å². The van der Waals surface area contributed by atoms with Gasteiger partial charge in [0.25, 0.3) is 5.91 Å². The maximum Gasteiger partial charge on any atom is 0.323 e. The molecule has 1 aliphatic carbocycles. The molecule has 1 aliphatic rings. The van der Waals surface area contributed by atoms with E-state index in [-0.39, 0.29) is 30.6 Å². The lowest BCUT2D eigenvalue weighted by molar-refractivity contribution is -0.145. The van der Waals surface area contributed by atoms with Crippen molar-refractivity contribution in [1.29, 1.82) is 0 Å². The molecule has 0 saturated heterocycles. The van der Waals surface area contributed by atoms with E-state index in [1.165, 1.54) is 11.0 Å². The normalized spacial score (nSPS) is 13.8. The topological polar surface area (TPSA) is 87.1 Å². The molecule has 2 rings (SSSR count). The highest BCUT2D eigenvalue weighted by Gasteiger charge is 2.28. The monoisotopic (exact) mass is 279 g/mol. The van der Waals surface area contributed by atoms with Crippen LogP contribution in [0.2, 0.25) is 0 Å². The lowest BCUT2D eigenvalue weighted by Gasteiger charge is -2.20. The number of amides is 1. The smallest absolute Gasteiger partial charge is 0.323 e. The molecule has 0 aromatic heterocycles. The number of phenolic OH excluding ortho intramolecular Hbond substituents is 1. The summed E-state index contributed by atoms with van der Waals surface area (Å²) in [5.41, 5.74) is 0. The Kier molecular flexibility index (Phi) is 4.45. The summed E-state index contributed by atoms with van der Waals surface area (Å²) >= 11 is 0. The fourth-order valence-corrected chi connectivity index (χ4v) is 1.84. The lowest BCUT2D eigenvalue weighted by Crippen LogP contribution is -2.40. The molecule has 0 spiro atoms. The number of hydrogen-bond donors (Lipinski definition) is 2. The fraction of sp³-hybridized carbons (Fsp3) is 0.429. The summed E-state index contributed by atoms with van der Waals surface area (Å²) in [5, 5.41) is 18.3. The zero-order valence-corrected chi connectivity index (χ0v) is 11.0. The molecule has 2 N–H and O–H groups in total. The number of rotatable bonds is 7. The molecule has 1 aromatic carbocycles. The van der Waals surface area contributed by atoms with Crippen LogP contribution in [0.1, 0.15) is 12.8 Å². The standard InChI is InChI=1S/C14H17NO5/c16-11-3-1-2-4-12(11)20-9-13(17)15(8-14(18)19)7-10-5-6-10/h1-4,10,16H,5-9H2,(H,18,19). The van der Waals surface area contributed by atoms with Gasteiger partial charge in [-0.1, -0.05) is 12.1 Å². The third-order valence-electron chi connectivity index (χ3n) is 3.07. The maximum atomic E-state index is 12.0. The van der Waals surface area contributed by atoms with Crippen LogP contribution in [0.25, 0.3) is 0 Å². The molecule has 0 bridgehead atoms. The number of carboxylic acid groups (broad SMARTS) is 1. The van der Waals surface area contributed by atoms with E-state index in [0.717, 1.165) is 12.8 Å². The largest absolute Gasteiger partial charge is 0.504 e. The number of phenols is 1. The average molecular weight is 279 g/mol. The Balaban J connectivity index is 1.90. The highest BCUT2D eigenvalue weighted by molar-refractivity contribution is 5.82. The SMILES string of the molecule is O=C(O)CN(CC1CC1)C(=O)COc1ccccc1O. The Morgan fingerprint density at radius 3 is 2.60 bits per heavy atom.